The highest BCUT2D eigenvalue weighted by Gasteiger charge is 2.32. The number of nitrogens with zero attached hydrogens (tertiary/aromatic N) is 1. The van der Waals surface area contributed by atoms with E-state index in [0.29, 0.717) is 5.69 Å². The second-order valence-corrected chi connectivity index (χ2v) is 11.8. The molecule has 0 radical (unpaired) electrons. The number of benzene rings is 3. The summed E-state index contributed by atoms with van der Waals surface area (Å²) in [5, 5.41) is 22.9. The lowest BCUT2D eigenvalue weighted by molar-refractivity contribution is -0.134. The highest BCUT2D eigenvalue weighted by molar-refractivity contribution is 5.93. The Labute approximate surface area is 289 Å². The Morgan fingerprint density at radius 3 is 2.16 bits per heavy atom. The van der Waals surface area contributed by atoms with Crippen LogP contribution in [-0.2, 0) is 45.1 Å². The number of carbonyl (C=O) groups excluding carboxylic acids is 4. The predicted molar refractivity (Wildman–Crippen MR) is 187 cm³/mol. The number of aliphatic hydroxyl groups is 1. The van der Waals surface area contributed by atoms with Gasteiger partial charge in [0.25, 0.3) is 5.91 Å². The normalized spacial score (nSPS) is 13.3. The average molecular weight is 677 g/mol. The number of nitrogens with one attached hydrogen (secondary N) is 5. The molecule has 0 aliphatic rings. The molecule has 0 bridgehead atoms. The number of aliphatic hydroxyl groups excluding tert-OH is 1. The third-order valence-corrected chi connectivity index (χ3v) is 8.12. The van der Waals surface area contributed by atoms with E-state index >= 15 is 0 Å². The van der Waals surface area contributed by atoms with Gasteiger partial charge in [-0.3, -0.25) is 19.4 Å². The van der Waals surface area contributed by atoms with E-state index in [2.05, 4.69) is 31.2 Å². The van der Waals surface area contributed by atoms with Crippen LogP contribution in [0.15, 0.2) is 116 Å². The van der Waals surface area contributed by atoms with Gasteiger partial charge in [-0.1, -0.05) is 84.9 Å². The van der Waals surface area contributed by atoms with E-state index in [-0.39, 0.29) is 26.0 Å². The SMILES string of the molecule is CC(NC(=O)OCc1ccccc1)C(=O)N[C@@H](Cc1c[nH]c2ccccc12)C(=O)N[C@@H](Cc1ccccc1)[C@H](O)C(=O)NCc1ccccn1. The number of aromatic nitrogens is 2. The number of hydrogen-bond acceptors (Lipinski definition) is 7. The molecule has 12 heteroatoms. The van der Waals surface area contributed by atoms with Gasteiger partial charge in [-0.2, -0.15) is 0 Å². The summed E-state index contributed by atoms with van der Waals surface area (Å²) in [6, 6.07) is 27.8. The van der Waals surface area contributed by atoms with Crippen molar-refractivity contribution in [2.24, 2.45) is 0 Å². The molecule has 5 rings (SSSR count). The summed E-state index contributed by atoms with van der Waals surface area (Å²) in [6.45, 7) is 1.58. The van der Waals surface area contributed by atoms with Crippen molar-refractivity contribution in [1.82, 2.24) is 31.2 Å². The molecule has 0 aliphatic carbocycles. The quantitative estimate of drug-likeness (QED) is 0.0987. The Hall–Kier alpha value is -6.01. The fourth-order valence-electron chi connectivity index (χ4n) is 5.39. The molecular weight excluding hydrogens is 636 g/mol. The van der Waals surface area contributed by atoms with Crippen LogP contribution >= 0.6 is 0 Å². The second kappa shape index (κ2) is 17.4. The number of amides is 4. The minimum absolute atomic E-state index is 0.0210. The second-order valence-electron chi connectivity index (χ2n) is 11.8. The van der Waals surface area contributed by atoms with Crippen LogP contribution in [0, 0.1) is 0 Å². The molecule has 5 aromatic rings. The predicted octanol–water partition coefficient (Wildman–Crippen LogP) is 3.31. The first-order valence-corrected chi connectivity index (χ1v) is 16.3. The van der Waals surface area contributed by atoms with Gasteiger partial charge in [-0.25, -0.2) is 4.79 Å². The maximum atomic E-state index is 14.1. The van der Waals surface area contributed by atoms with Gasteiger partial charge in [-0.15, -0.1) is 0 Å². The van der Waals surface area contributed by atoms with Gasteiger partial charge in [0.2, 0.25) is 11.8 Å². The summed E-state index contributed by atoms with van der Waals surface area (Å²) in [5.41, 5.74) is 3.78. The van der Waals surface area contributed by atoms with Gasteiger partial charge >= 0.3 is 6.09 Å². The molecule has 6 N–H and O–H groups in total. The lowest BCUT2D eigenvalue weighted by Gasteiger charge is -2.27. The minimum atomic E-state index is -1.63. The van der Waals surface area contributed by atoms with Crippen molar-refractivity contribution in [3.63, 3.8) is 0 Å². The first-order valence-electron chi connectivity index (χ1n) is 16.3. The van der Waals surface area contributed by atoms with E-state index in [4.69, 9.17) is 4.74 Å². The van der Waals surface area contributed by atoms with Gasteiger partial charge in [-0.05, 0) is 48.2 Å². The molecule has 2 aromatic heterocycles. The van der Waals surface area contributed by atoms with Crippen LogP contribution in [0.1, 0.15) is 29.3 Å². The Balaban J connectivity index is 1.31. The van der Waals surface area contributed by atoms with Gasteiger partial charge in [0.15, 0.2) is 6.10 Å². The number of hydrogen-bond donors (Lipinski definition) is 6. The fraction of sp³-hybridized carbons (Fsp3) is 0.237. The van der Waals surface area contributed by atoms with E-state index in [1.807, 2.05) is 84.9 Å². The number of H-pyrrole nitrogens is 1. The minimum Gasteiger partial charge on any atom is -0.445 e. The van der Waals surface area contributed by atoms with Crippen molar-refractivity contribution in [3.8, 4) is 0 Å². The summed E-state index contributed by atoms with van der Waals surface area (Å²) >= 11 is 0. The Morgan fingerprint density at radius 2 is 1.44 bits per heavy atom. The van der Waals surface area contributed by atoms with Crippen molar-refractivity contribution < 1.29 is 29.0 Å². The Morgan fingerprint density at radius 1 is 0.760 bits per heavy atom. The first-order chi connectivity index (χ1) is 24.3. The van der Waals surface area contributed by atoms with E-state index < -0.39 is 48.0 Å². The smallest absolute Gasteiger partial charge is 0.408 e. The molecule has 2 heterocycles. The average Bonchev–Trinajstić information content (AvgIpc) is 3.55. The summed E-state index contributed by atoms with van der Waals surface area (Å²) in [6.07, 6.45) is 1.14. The molecule has 4 atom stereocenters. The van der Waals surface area contributed by atoms with Crippen molar-refractivity contribution in [2.75, 3.05) is 0 Å². The topological polar surface area (TPSA) is 175 Å². The number of aromatic amines is 1. The molecule has 0 fully saturated rings. The molecule has 0 saturated heterocycles. The lowest BCUT2D eigenvalue weighted by Crippen LogP contribution is -2.58. The zero-order chi connectivity index (χ0) is 35.3. The molecule has 50 heavy (non-hydrogen) atoms. The number of para-hydroxylation sites is 1. The summed E-state index contributed by atoms with van der Waals surface area (Å²) < 4.78 is 5.26. The highest BCUT2D eigenvalue weighted by atomic mass is 16.5. The molecular formula is C38H40N6O6. The molecule has 0 saturated carbocycles. The van der Waals surface area contributed by atoms with Crippen molar-refractivity contribution in [3.05, 3.63) is 138 Å². The van der Waals surface area contributed by atoms with Gasteiger partial charge in [0.05, 0.1) is 18.3 Å². The van der Waals surface area contributed by atoms with Crippen molar-refractivity contribution >= 4 is 34.7 Å². The monoisotopic (exact) mass is 676 g/mol. The molecule has 0 aliphatic heterocycles. The number of carbonyl (C=O) groups is 4. The number of alkyl carbamates (subject to hydrolysis) is 1. The van der Waals surface area contributed by atoms with Crippen LogP contribution in [0.4, 0.5) is 4.79 Å². The van der Waals surface area contributed by atoms with Crippen molar-refractivity contribution in [2.45, 2.75) is 57.1 Å². The van der Waals surface area contributed by atoms with E-state index in [1.165, 1.54) is 6.92 Å². The summed E-state index contributed by atoms with van der Waals surface area (Å²) in [7, 11) is 0. The standard InChI is InChI=1S/C38H40N6O6/c1-25(42-38(49)50-24-27-14-6-3-7-15-27)35(46)44-33(21-28-22-40-31-18-9-8-17-30(28)31)36(47)43-32(20-26-12-4-2-5-13-26)34(45)37(48)41-23-29-16-10-11-19-39-29/h2-19,22,25,32-34,40,45H,20-21,23-24H2,1H3,(H,41,48)(H,42,49)(H,43,47)(H,44,46)/t25?,32-,33-,34-/m0/s1. The molecule has 12 nitrogen and oxygen atoms in total. The molecule has 0 spiro atoms. The number of rotatable bonds is 15. The number of fused-ring (bicyclic) bond motifs is 1. The lowest BCUT2D eigenvalue weighted by atomic mass is 9.98. The van der Waals surface area contributed by atoms with Crippen LogP contribution in [-0.4, -0.2) is 63.1 Å². The van der Waals surface area contributed by atoms with Gasteiger partial charge in [0, 0.05) is 29.7 Å². The number of pyridine rings is 1. The van der Waals surface area contributed by atoms with E-state index in [0.717, 1.165) is 27.6 Å². The maximum absolute atomic E-state index is 14.1. The molecule has 258 valence electrons. The van der Waals surface area contributed by atoms with Crippen LogP contribution in [0.5, 0.6) is 0 Å². The maximum Gasteiger partial charge on any atom is 0.408 e. The third-order valence-electron chi connectivity index (χ3n) is 8.12. The largest absolute Gasteiger partial charge is 0.445 e. The molecule has 4 amide bonds. The number of ether oxygens (including phenoxy) is 1. The molecule has 3 aromatic carbocycles. The van der Waals surface area contributed by atoms with Crippen LogP contribution in [0.2, 0.25) is 0 Å². The van der Waals surface area contributed by atoms with Crippen molar-refractivity contribution in [1.29, 1.82) is 0 Å². The zero-order valence-corrected chi connectivity index (χ0v) is 27.5. The Bertz CT molecular complexity index is 1870. The zero-order valence-electron chi connectivity index (χ0n) is 27.5. The van der Waals surface area contributed by atoms with Crippen LogP contribution in [0.25, 0.3) is 10.9 Å². The summed E-state index contributed by atoms with van der Waals surface area (Å²) in [5.74, 6) is -1.95. The van der Waals surface area contributed by atoms with Crippen LogP contribution in [0.3, 0.4) is 0 Å². The van der Waals surface area contributed by atoms with E-state index in [1.54, 1.807) is 30.6 Å². The third kappa shape index (κ3) is 10.0. The summed E-state index contributed by atoms with van der Waals surface area (Å²) in [4.78, 5) is 60.5. The first kappa shape index (κ1) is 35.3. The Kier molecular flexibility index (Phi) is 12.3. The highest BCUT2D eigenvalue weighted by Crippen LogP contribution is 2.20. The van der Waals surface area contributed by atoms with E-state index in [9.17, 15) is 24.3 Å². The van der Waals surface area contributed by atoms with Gasteiger partial charge in [0.1, 0.15) is 18.7 Å². The molecule has 1 unspecified atom stereocenters. The van der Waals surface area contributed by atoms with Gasteiger partial charge < -0.3 is 36.1 Å². The van der Waals surface area contributed by atoms with Crippen LogP contribution < -0.4 is 21.3 Å². The fourth-order valence-corrected chi connectivity index (χ4v) is 5.39.